The topological polar surface area (TPSA) is 21.3 Å². The molecule has 17 heavy (non-hydrogen) atoms. The van der Waals surface area contributed by atoms with Crippen LogP contribution in [0.5, 0.6) is 0 Å². The number of hydrogen-bond donors (Lipinski definition) is 1. The van der Waals surface area contributed by atoms with Gasteiger partial charge in [0.15, 0.2) is 0 Å². The van der Waals surface area contributed by atoms with Crippen molar-refractivity contribution >= 4 is 0 Å². The van der Waals surface area contributed by atoms with E-state index in [0.29, 0.717) is 11.3 Å². The van der Waals surface area contributed by atoms with Crippen molar-refractivity contribution in [2.45, 2.75) is 66.3 Å². The van der Waals surface area contributed by atoms with Gasteiger partial charge in [-0.15, -0.1) is 0 Å². The molecule has 0 fully saturated rings. The lowest BCUT2D eigenvalue weighted by atomic mass is 9.74. The van der Waals surface area contributed by atoms with Crippen LogP contribution >= 0.6 is 0 Å². The van der Waals surface area contributed by atoms with E-state index in [1.54, 1.807) is 7.11 Å². The molecule has 0 saturated heterocycles. The van der Waals surface area contributed by atoms with Crippen molar-refractivity contribution in [3.05, 3.63) is 0 Å². The van der Waals surface area contributed by atoms with Crippen LogP contribution in [0.15, 0.2) is 0 Å². The highest BCUT2D eigenvalue weighted by Gasteiger charge is 2.28. The van der Waals surface area contributed by atoms with Gasteiger partial charge in [-0.05, 0) is 44.9 Å². The van der Waals surface area contributed by atoms with E-state index in [0.717, 1.165) is 13.2 Å². The van der Waals surface area contributed by atoms with Crippen LogP contribution in [0.2, 0.25) is 0 Å². The van der Waals surface area contributed by atoms with Crippen LogP contribution in [0.4, 0.5) is 0 Å². The zero-order valence-electron chi connectivity index (χ0n) is 13.0. The molecule has 0 aromatic heterocycles. The van der Waals surface area contributed by atoms with E-state index >= 15 is 0 Å². The van der Waals surface area contributed by atoms with Crippen LogP contribution < -0.4 is 5.32 Å². The quantitative estimate of drug-likeness (QED) is 0.654. The number of hydrogen-bond acceptors (Lipinski definition) is 2. The lowest BCUT2D eigenvalue weighted by Gasteiger charge is -2.37. The zero-order valence-corrected chi connectivity index (χ0v) is 13.0. The van der Waals surface area contributed by atoms with Crippen LogP contribution in [0.1, 0.15) is 60.8 Å². The molecular weight excluding hydrogens is 210 g/mol. The molecule has 0 aromatic rings. The Kier molecular flexibility index (Phi) is 7.34. The molecule has 0 rings (SSSR count). The van der Waals surface area contributed by atoms with E-state index in [-0.39, 0.29) is 5.54 Å². The maximum Gasteiger partial charge on any atom is 0.0462 e. The van der Waals surface area contributed by atoms with Gasteiger partial charge in [-0.1, -0.05) is 27.2 Å². The summed E-state index contributed by atoms with van der Waals surface area (Å²) < 4.78 is 5.12. The first-order valence-corrected chi connectivity index (χ1v) is 6.95. The molecule has 0 amide bonds. The Hall–Kier alpha value is -0.0800. The summed E-state index contributed by atoms with van der Waals surface area (Å²) in [6.07, 6.45) is 3.71. The Morgan fingerprint density at radius 3 is 2.06 bits per heavy atom. The first-order valence-electron chi connectivity index (χ1n) is 6.95. The molecule has 104 valence electrons. The predicted octanol–water partition coefficient (Wildman–Crippen LogP) is 3.85. The normalized spacial score (nSPS) is 16.2. The Morgan fingerprint density at radius 1 is 1.06 bits per heavy atom. The Morgan fingerprint density at radius 2 is 1.65 bits per heavy atom. The minimum absolute atomic E-state index is 0.211. The second-order valence-electron chi connectivity index (χ2n) is 6.86. The summed E-state index contributed by atoms with van der Waals surface area (Å²) in [5.74, 6) is 0.708. The van der Waals surface area contributed by atoms with Gasteiger partial charge in [0.2, 0.25) is 0 Å². The van der Waals surface area contributed by atoms with Crippen molar-refractivity contribution in [1.29, 1.82) is 0 Å². The minimum atomic E-state index is 0.211. The molecule has 0 spiro atoms. The van der Waals surface area contributed by atoms with Crippen LogP contribution in [0.3, 0.4) is 0 Å². The predicted molar refractivity (Wildman–Crippen MR) is 76.4 cm³/mol. The summed E-state index contributed by atoms with van der Waals surface area (Å²) in [7, 11) is 1.78. The molecule has 0 aliphatic carbocycles. The standard InChI is InChI=1S/C15H33NO/c1-13(2)15(6,10-8-9-11-17-7)12-16-14(3,4)5/h13,16H,8-12H2,1-7H3. The van der Waals surface area contributed by atoms with E-state index in [1.807, 2.05) is 0 Å². The van der Waals surface area contributed by atoms with Crippen LogP contribution in [0.25, 0.3) is 0 Å². The highest BCUT2D eigenvalue weighted by molar-refractivity contribution is 4.83. The highest BCUT2D eigenvalue weighted by atomic mass is 16.5. The molecule has 2 nitrogen and oxygen atoms in total. The number of unbranched alkanes of at least 4 members (excludes halogenated alkanes) is 1. The molecule has 1 unspecified atom stereocenters. The molecule has 0 bridgehead atoms. The van der Waals surface area contributed by atoms with E-state index in [9.17, 15) is 0 Å². The lowest BCUT2D eigenvalue weighted by Crippen LogP contribution is -2.44. The molecule has 2 heteroatoms. The maximum absolute atomic E-state index is 5.12. The van der Waals surface area contributed by atoms with Gasteiger partial charge in [-0.25, -0.2) is 0 Å². The summed E-state index contributed by atoms with van der Waals surface area (Å²) in [4.78, 5) is 0. The maximum atomic E-state index is 5.12. The number of rotatable bonds is 8. The molecule has 0 radical (unpaired) electrons. The fraction of sp³-hybridized carbons (Fsp3) is 1.00. The molecule has 1 N–H and O–H groups in total. The Labute approximate surface area is 109 Å². The van der Waals surface area contributed by atoms with Gasteiger partial charge in [-0.2, -0.15) is 0 Å². The first-order chi connectivity index (χ1) is 7.71. The van der Waals surface area contributed by atoms with Gasteiger partial charge in [0.25, 0.3) is 0 Å². The monoisotopic (exact) mass is 243 g/mol. The minimum Gasteiger partial charge on any atom is -0.385 e. The summed E-state index contributed by atoms with van der Waals surface area (Å²) in [6.45, 7) is 15.8. The summed E-state index contributed by atoms with van der Waals surface area (Å²) in [5, 5.41) is 3.65. The smallest absolute Gasteiger partial charge is 0.0462 e. The van der Waals surface area contributed by atoms with Crippen molar-refractivity contribution in [2.24, 2.45) is 11.3 Å². The van der Waals surface area contributed by atoms with Crippen molar-refractivity contribution in [3.8, 4) is 0 Å². The van der Waals surface area contributed by atoms with Gasteiger partial charge >= 0.3 is 0 Å². The van der Waals surface area contributed by atoms with Crippen LogP contribution in [-0.4, -0.2) is 25.8 Å². The third kappa shape index (κ3) is 7.77. The molecule has 1 atom stereocenters. The van der Waals surface area contributed by atoms with E-state index < -0.39 is 0 Å². The zero-order chi connectivity index (χ0) is 13.5. The second kappa shape index (κ2) is 7.38. The van der Waals surface area contributed by atoms with E-state index in [1.165, 1.54) is 19.3 Å². The number of methoxy groups -OCH3 is 1. The summed E-state index contributed by atoms with van der Waals surface area (Å²) in [6, 6.07) is 0. The molecular formula is C15H33NO. The van der Waals surface area contributed by atoms with Gasteiger partial charge in [0, 0.05) is 25.8 Å². The van der Waals surface area contributed by atoms with Gasteiger partial charge in [-0.3, -0.25) is 0 Å². The molecule has 0 aromatic carbocycles. The van der Waals surface area contributed by atoms with Gasteiger partial charge in [0.05, 0.1) is 0 Å². The SMILES string of the molecule is COCCCCC(C)(CNC(C)(C)C)C(C)C. The van der Waals surface area contributed by atoms with Crippen molar-refractivity contribution < 1.29 is 4.74 Å². The first kappa shape index (κ1) is 16.9. The Bertz CT molecular complexity index is 196. The van der Waals surface area contributed by atoms with Gasteiger partial charge < -0.3 is 10.1 Å². The number of nitrogens with one attached hydrogen (secondary N) is 1. The molecule has 0 aliphatic heterocycles. The largest absolute Gasteiger partial charge is 0.385 e. The Balaban J connectivity index is 4.17. The van der Waals surface area contributed by atoms with Crippen LogP contribution in [0, 0.1) is 11.3 Å². The van der Waals surface area contributed by atoms with Crippen molar-refractivity contribution in [3.63, 3.8) is 0 Å². The third-order valence-electron chi connectivity index (χ3n) is 3.76. The summed E-state index contributed by atoms with van der Waals surface area (Å²) >= 11 is 0. The number of ether oxygens (including phenoxy) is 1. The van der Waals surface area contributed by atoms with E-state index in [2.05, 4.69) is 46.9 Å². The molecule has 0 aliphatic rings. The molecule has 0 saturated carbocycles. The fourth-order valence-corrected chi connectivity index (χ4v) is 1.82. The van der Waals surface area contributed by atoms with Crippen molar-refractivity contribution in [1.82, 2.24) is 5.32 Å². The highest BCUT2D eigenvalue weighted by Crippen LogP contribution is 2.32. The lowest BCUT2D eigenvalue weighted by molar-refractivity contribution is 0.152. The molecule has 0 heterocycles. The second-order valence-corrected chi connectivity index (χ2v) is 6.86. The third-order valence-corrected chi connectivity index (χ3v) is 3.76. The van der Waals surface area contributed by atoms with Crippen molar-refractivity contribution in [2.75, 3.05) is 20.3 Å². The average Bonchev–Trinajstić information content (AvgIpc) is 2.20. The average molecular weight is 243 g/mol. The van der Waals surface area contributed by atoms with E-state index in [4.69, 9.17) is 4.74 Å². The van der Waals surface area contributed by atoms with Gasteiger partial charge in [0.1, 0.15) is 0 Å². The fourth-order valence-electron chi connectivity index (χ4n) is 1.82. The van der Waals surface area contributed by atoms with Crippen LogP contribution in [-0.2, 0) is 4.74 Å². The summed E-state index contributed by atoms with van der Waals surface area (Å²) in [5.41, 5.74) is 0.601.